The van der Waals surface area contributed by atoms with Crippen LogP contribution < -0.4 is 4.74 Å². The van der Waals surface area contributed by atoms with Crippen molar-refractivity contribution in [1.29, 1.82) is 0 Å². The van der Waals surface area contributed by atoms with E-state index in [4.69, 9.17) is 40.0 Å². The first-order valence-corrected chi connectivity index (χ1v) is 18.0. The molecule has 0 radical (unpaired) electrons. The van der Waals surface area contributed by atoms with E-state index in [1.807, 2.05) is 44.2 Å². The van der Waals surface area contributed by atoms with Crippen molar-refractivity contribution >= 4 is 43.1 Å². The third-order valence-corrected chi connectivity index (χ3v) is 7.40. The molecule has 46 heavy (non-hydrogen) atoms. The first-order valence-electron chi connectivity index (χ1n) is 15.2. The molecule has 7 heteroatoms. The van der Waals surface area contributed by atoms with Gasteiger partial charge in [-0.3, -0.25) is 9.98 Å². The van der Waals surface area contributed by atoms with Crippen molar-refractivity contribution in [2.45, 2.75) is 48.0 Å². The van der Waals surface area contributed by atoms with Gasteiger partial charge in [-0.25, -0.2) is 4.98 Å². The van der Waals surface area contributed by atoms with Crippen LogP contribution in [0.3, 0.4) is 0 Å². The number of ether oxygens (including phenoxy) is 1. The fourth-order valence-electron chi connectivity index (χ4n) is 5.36. The predicted molar refractivity (Wildman–Crippen MR) is 193 cm³/mol. The molecule has 0 saturated heterocycles. The predicted octanol–water partition coefficient (Wildman–Crippen LogP) is 11.8. The molecule has 0 fully saturated rings. The molecule has 239 valence electrons. The minimum absolute atomic E-state index is 0.382. The van der Waals surface area contributed by atoms with Gasteiger partial charge in [-0.2, -0.15) is 0 Å². The molecule has 4 aromatic carbocycles. The molecule has 4 nitrogen and oxygen atoms in total. The van der Waals surface area contributed by atoms with E-state index < -0.39 is 0 Å². The zero-order chi connectivity index (χ0) is 33.1. The SMILES string of the molecule is CCCOc1c(-c2ccccc2)cc(N=C(C)c2cccc(C(C)=Nc3c(C)cc(C)cc3C)n2)cc1-c1ccccc1.[Cl][Co][Cl]. The van der Waals surface area contributed by atoms with E-state index in [1.165, 1.54) is 16.7 Å². The molecule has 0 N–H and O–H groups in total. The van der Waals surface area contributed by atoms with Crippen LogP contribution in [0.2, 0.25) is 0 Å². The van der Waals surface area contributed by atoms with Crippen LogP contribution in [0.5, 0.6) is 5.75 Å². The van der Waals surface area contributed by atoms with Crippen molar-refractivity contribution in [3.63, 3.8) is 0 Å². The molecule has 0 amide bonds. The van der Waals surface area contributed by atoms with Crippen molar-refractivity contribution in [2.75, 3.05) is 6.61 Å². The molecule has 5 aromatic rings. The molecule has 0 unspecified atom stereocenters. The van der Waals surface area contributed by atoms with E-state index in [1.54, 1.807) is 0 Å². The van der Waals surface area contributed by atoms with Gasteiger partial charge >= 0.3 is 33.2 Å². The minimum atomic E-state index is 0.382. The van der Waals surface area contributed by atoms with Gasteiger partial charge in [0.05, 0.1) is 40.8 Å². The summed E-state index contributed by atoms with van der Waals surface area (Å²) in [6.07, 6.45) is 0.926. The topological polar surface area (TPSA) is 46.8 Å². The number of nitrogens with zero attached hydrogens (tertiary/aromatic N) is 3. The summed E-state index contributed by atoms with van der Waals surface area (Å²) >= 11 is 0.382. The summed E-state index contributed by atoms with van der Waals surface area (Å²) in [6, 6.07) is 35.4. The molecule has 0 aliphatic rings. The first-order chi connectivity index (χ1) is 22.2. The second kappa shape index (κ2) is 17.3. The number of halogens is 2. The average molecular weight is 696 g/mol. The van der Waals surface area contributed by atoms with E-state index in [9.17, 15) is 0 Å². The van der Waals surface area contributed by atoms with Gasteiger partial charge in [0.15, 0.2) is 0 Å². The van der Waals surface area contributed by atoms with Crippen LogP contribution in [0.25, 0.3) is 22.3 Å². The Morgan fingerprint density at radius 2 is 1.17 bits per heavy atom. The summed E-state index contributed by atoms with van der Waals surface area (Å²) in [6.45, 7) is 13.1. The number of benzene rings is 4. The Bertz CT molecular complexity index is 1740. The van der Waals surface area contributed by atoms with Crippen molar-refractivity contribution in [1.82, 2.24) is 4.98 Å². The summed E-state index contributed by atoms with van der Waals surface area (Å²) in [5.41, 5.74) is 13.0. The van der Waals surface area contributed by atoms with Gasteiger partial charge in [0.2, 0.25) is 0 Å². The van der Waals surface area contributed by atoms with Crippen LogP contribution in [0.4, 0.5) is 11.4 Å². The summed E-state index contributed by atoms with van der Waals surface area (Å²) in [7, 11) is 9.47. The molecular weight excluding hydrogens is 656 g/mol. The van der Waals surface area contributed by atoms with Gasteiger partial charge in [0.25, 0.3) is 0 Å². The molecule has 0 spiro atoms. The summed E-state index contributed by atoms with van der Waals surface area (Å²) in [4.78, 5) is 15.1. The zero-order valence-corrected chi connectivity index (χ0v) is 29.6. The van der Waals surface area contributed by atoms with Crippen molar-refractivity contribution in [2.24, 2.45) is 9.98 Å². The molecule has 1 aromatic heterocycles. The molecule has 0 bridgehead atoms. The third-order valence-electron chi connectivity index (χ3n) is 7.40. The number of aromatic nitrogens is 1. The summed E-state index contributed by atoms with van der Waals surface area (Å²) in [5.74, 6) is 0.879. The summed E-state index contributed by atoms with van der Waals surface area (Å²) in [5, 5.41) is 0. The van der Waals surface area contributed by atoms with Gasteiger partial charge in [-0.15, -0.1) is 0 Å². The maximum atomic E-state index is 6.41. The van der Waals surface area contributed by atoms with E-state index in [2.05, 4.69) is 100 Å². The number of rotatable bonds is 9. The second-order valence-corrected chi connectivity index (χ2v) is 12.8. The zero-order valence-electron chi connectivity index (χ0n) is 27.1. The molecule has 0 aliphatic carbocycles. The van der Waals surface area contributed by atoms with Crippen LogP contribution in [-0.4, -0.2) is 23.0 Å². The Balaban J connectivity index is 0.00000154. The van der Waals surface area contributed by atoms with Crippen LogP contribution >= 0.6 is 20.3 Å². The Labute approximate surface area is 288 Å². The third kappa shape index (κ3) is 9.17. The average Bonchev–Trinajstić information content (AvgIpc) is 3.06. The van der Waals surface area contributed by atoms with E-state index in [0.29, 0.717) is 19.5 Å². The van der Waals surface area contributed by atoms with E-state index >= 15 is 0 Å². The van der Waals surface area contributed by atoms with E-state index in [-0.39, 0.29) is 0 Å². The van der Waals surface area contributed by atoms with Crippen LogP contribution in [0, 0.1) is 20.8 Å². The number of pyridine rings is 1. The fraction of sp³-hybridized carbons (Fsp3) is 0.205. The van der Waals surface area contributed by atoms with Crippen LogP contribution in [0.1, 0.15) is 55.3 Å². The molecule has 5 rings (SSSR count). The van der Waals surface area contributed by atoms with Gasteiger partial charge in [-0.05, 0) is 87.6 Å². The quantitative estimate of drug-likeness (QED) is 0.144. The number of aryl methyl sites for hydroxylation is 3. The Morgan fingerprint density at radius 1 is 0.696 bits per heavy atom. The number of hydrogen-bond acceptors (Lipinski definition) is 4. The standard InChI is InChI=1S/C39H39N3O.2ClH.Co/c1-7-21-43-39-34(31-15-10-8-11-16-31)24-33(25-35(39)32-17-12-9-13-18-32)40-29(5)36-19-14-20-37(42-36)30(6)41-38-27(3)22-26(2)23-28(38)4;;;/h8-20,22-25H,7,21H2,1-6H3;2*1H;/q;;;+2/p-2. The van der Waals surface area contributed by atoms with E-state index in [0.717, 1.165) is 68.6 Å². The van der Waals surface area contributed by atoms with Crippen LogP contribution in [-0.2, 0) is 12.9 Å². The Morgan fingerprint density at radius 3 is 1.65 bits per heavy atom. The molecular formula is C39H39Cl2CoN3O. The maximum absolute atomic E-state index is 6.41. The van der Waals surface area contributed by atoms with Crippen molar-refractivity contribution < 1.29 is 17.6 Å². The molecule has 1 heterocycles. The molecule has 0 aliphatic heterocycles. The van der Waals surface area contributed by atoms with Gasteiger partial charge in [-0.1, -0.05) is 91.3 Å². The monoisotopic (exact) mass is 694 g/mol. The molecule has 0 saturated carbocycles. The molecule has 0 atom stereocenters. The Kier molecular flexibility index (Phi) is 13.2. The number of aliphatic imine (C=N–C) groups is 2. The normalized spacial score (nSPS) is 11.7. The van der Waals surface area contributed by atoms with Crippen molar-refractivity contribution in [3.8, 4) is 28.0 Å². The van der Waals surface area contributed by atoms with Crippen molar-refractivity contribution in [3.05, 3.63) is 131 Å². The van der Waals surface area contributed by atoms with Gasteiger partial charge in [0.1, 0.15) is 5.75 Å². The van der Waals surface area contributed by atoms with Gasteiger partial charge in [0, 0.05) is 11.1 Å². The number of hydrogen-bond donors (Lipinski definition) is 0. The fourth-order valence-corrected chi connectivity index (χ4v) is 5.36. The first kappa shape index (κ1) is 35.1. The summed E-state index contributed by atoms with van der Waals surface area (Å²) < 4.78 is 6.41. The Hall–Kier alpha value is -3.74. The van der Waals surface area contributed by atoms with Crippen LogP contribution in [0.15, 0.2) is 113 Å². The second-order valence-electron chi connectivity index (χ2n) is 11.0. The van der Waals surface area contributed by atoms with Gasteiger partial charge < -0.3 is 4.74 Å².